The van der Waals surface area contributed by atoms with Gasteiger partial charge in [0.1, 0.15) is 0 Å². The second kappa shape index (κ2) is 3.08. The number of ether oxygens (including phenoxy) is 1. The largest absolute Gasteiger partial charge is 0.462 e. The summed E-state index contributed by atoms with van der Waals surface area (Å²) in [5.74, 6) is 0.154. The highest BCUT2D eigenvalue weighted by atomic mass is 16.5. The van der Waals surface area contributed by atoms with Gasteiger partial charge in [0.05, 0.1) is 12.0 Å². The number of hydrogen-bond acceptors (Lipinski definition) is 2. The number of carbonyl (C=O) groups excluding carboxylic acids is 1. The summed E-state index contributed by atoms with van der Waals surface area (Å²) >= 11 is 0. The van der Waals surface area contributed by atoms with Crippen LogP contribution in [0, 0.1) is 11.3 Å². The van der Waals surface area contributed by atoms with Crippen LogP contribution in [0.25, 0.3) is 0 Å². The van der Waals surface area contributed by atoms with E-state index in [1.807, 2.05) is 13.8 Å². The number of esters is 1. The summed E-state index contributed by atoms with van der Waals surface area (Å²) in [4.78, 5) is 11.4. The first kappa shape index (κ1) is 9.56. The molecule has 0 saturated heterocycles. The van der Waals surface area contributed by atoms with Crippen molar-refractivity contribution in [3.8, 4) is 0 Å². The van der Waals surface area contributed by atoms with Crippen LogP contribution < -0.4 is 0 Å². The van der Waals surface area contributed by atoms with E-state index in [1.54, 1.807) is 0 Å². The predicted molar refractivity (Wildman–Crippen MR) is 47.7 cm³/mol. The molecule has 0 unspecified atom stereocenters. The Morgan fingerprint density at radius 2 is 2.17 bits per heavy atom. The maximum Gasteiger partial charge on any atom is 0.309 e. The average Bonchev–Trinajstić information content (AvgIpc) is 2.59. The summed E-state index contributed by atoms with van der Waals surface area (Å²) in [6.07, 6.45) is 1.97. The van der Waals surface area contributed by atoms with Gasteiger partial charge < -0.3 is 4.74 Å². The lowest BCUT2D eigenvalue weighted by Crippen LogP contribution is -2.17. The third-order valence-corrected chi connectivity index (χ3v) is 2.69. The fourth-order valence-electron chi connectivity index (χ4n) is 1.23. The maximum absolute atomic E-state index is 11.4. The molecule has 0 bridgehead atoms. The molecule has 70 valence electrons. The summed E-state index contributed by atoms with van der Waals surface area (Å²) in [5, 5.41) is 0. The van der Waals surface area contributed by atoms with Crippen LogP contribution in [0.5, 0.6) is 0 Å². The molecule has 2 nitrogen and oxygen atoms in total. The number of hydrogen-bond donors (Lipinski definition) is 0. The summed E-state index contributed by atoms with van der Waals surface area (Å²) < 4.78 is 5.22. The van der Waals surface area contributed by atoms with Crippen LogP contribution in [-0.2, 0) is 9.53 Å². The fraction of sp³-hybridized carbons (Fsp3) is 0.900. The van der Waals surface area contributed by atoms with E-state index in [0.29, 0.717) is 0 Å². The monoisotopic (exact) mass is 170 g/mol. The molecule has 0 N–H and O–H groups in total. The van der Waals surface area contributed by atoms with Crippen LogP contribution in [0.4, 0.5) is 0 Å². The SMILES string of the molecule is CC[C@H](C)OC(=O)[C@@H]1CC1(C)C. The normalized spacial score (nSPS) is 27.8. The minimum absolute atomic E-state index is 0.00523. The molecule has 0 amide bonds. The molecular formula is C10H18O2. The predicted octanol–water partition coefficient (Wildman–Crippen LogP) is 2.37. The topological polar surface area (TPSA) is 26.3 Å². The van der Waals surface area contributed by atoms with E-state index < -0.39 is 0 Å². The Kier molecular flexibility index (Phi) is 2.45. The molecule has 0 aromatic carbocycles. The average molecular weight is 170 g/mol. The smallest absolute Gasteiger partial charge is 0.309 e. The third kappa shape index (κ3) is 1.99. The lowest BCUT2D eigenvalue weighted by molar-refractivity contribution is -0.150. The summed E-state index contributed by atoms with van der Waals surface area (Å²) in [6.45, 7) is 8.17. The van der Waals surface area contributed by atoms with Crippen molar-refractivity contribution >= 4 is 5.97 Å². The van der Waals surface area contributed by atoms with Gasteiger partial charge in [0, 0.05) is 0 Å². The van der Waals surface area contributed by atoms with Crippen LogP contribution in [0.2, 0.25) is 0 Å². The summed E-state index contributed by atoms with van der Waals surface area (Å²) in [5.41, 5.74) is 0.199. The molecule has 0 aromatic heterocycles. The molecule has 2 atom stereocenters. The van der Waals surface area contributed by atoms with E-state index in [9.17, 15) is 4.79 Å². The van der Waals surface area contributed by atoms with Crippen molar-refractivity contribution in [3.05, 3.63) is 0 Å². The Bertz CT molecular complexity index is 184. The zero-order valence-electron chi connectivity index (χ0n) is 8.39. The van der Waals surface area contributed by atoms with E-state index >= 15 is 0 Å². The Labute approximate surface area is 74.3 Å². The van der Waals surface area contributed by atoms with E-state index in [0.717, 1.165) is 12.8 Å². The van der Waals surface area contributed by atoms with Gasteiger partial charge in [-0.1, -0.05) is 20.8 Å². The fourth-order valence-corrected chi connectivity index (χ4v) is 1.23. The van der Waals surface area contributed by atoms with Crippen LogP contribution in [0.1, 0.15) is 40.5 Å². The lowest BCUT2D eigenvalue weighted by Gasteiger charge is -2.11. The van der Waals surface area contributed by atoms with Crippen molar-refractivity contribution < 1.29 is 9.53 Å². The lowest BCUT2D eigenvalue weighted by atomic mass is 10.1. The van der Waals surface area contributed by atoms with Crippen LogP contribution in [0.3, 0.4) is 0 Å². The van der Waals surface area contributed by atoms with Crippen LogP contribution in [-0.4, -0.2) is 12.1 Å². The number of rotatable bonds is 3. The van der Waals surface area contributed by atoms with Gasteiger partial charge in [-0.15, -0.1) is 0 Å². The second-order valence-electron chi connectivity index (χ2n) is 4.40. The minimum Gasteiger partial charge on any atom is -0.462 e. The zero-order valence-corrected chi connectivity index (χ0v) is 8.39. The van der Waals surface area contributed by atoms with Gasteiger partial charge in [-0.2, -0.15) is 0 Å². The van der Waals surface area contributed by atoms with Crippen molar-refractivity contribution in [3.63, 3.8) is 0 Å². The highest BCUT2D eigenvalue weighted by Gasteiger charge is 2.51. The third-order valence-electron chi connectivity index (χ3n) is 2.69. The number of carbonyl (C=O) groups is 1. The summed E-state index contributed by atoms with van der Waals surface area (Å²) in [6, 6.07) is 0. The molecule has 1 saturated carbocycles. The van der Waals surface area contributed by atoms with E-state index in [4.69, 9.17) is 4.74 Å². The van der Waals surface area contributed by atoms with E-state index in [-0.39, 0.29) is 23.4 Å². The van der Waals surface area contributed by atoms with E-state index in [1.165, 1.54) is 0 Å². The highest BCUT2D eigenvalue weighted by molar-refractivity contribution is 5.76. The van der Waals surface area contributed by atoms with Crippen molar-refractivity contribution in [2.45, 2.75) is 46.6 Å². The van der Waals surface area contributed by atoms with Gasteiger partial charge in [-0.25, -0.2) is 0 Å². The molecule has 1 fully saturated rings. The van der Waals surface area contributed by atoms with Gasteiger partial charge >= 0.3 is 5.97 Å². The first-order chi connectivity index (χ1) is 5.47. The van der Waals surface area contributed by atoms with Crippen molar-refractivity contribution in [2.75, 3.05) is 0 Å². The Morgan fingerprint density at radius 3 is 2.50 bits per heavy atom. The van der Waals surface area contributed by atoms with Gasteiger partial charge in [0.15, 0.2) is 0 Å². The molecular weight excluding hydrogens is 152 g/mol. The van der Waals surface area contributed by atoms with E-state index in [2.05, 4.69) is 13.8 Å². The van der Waals surface area contributed by atoms with Gasteiger partial charge in [-0.05, 0) is 25.2 Å². The second-order valence-corrected chi connectivity index (χ2v) is 4.40. The maximum atomic E-state index is 11.4. The molecule has 1 aliphatic carbocycles. The molecule has 0 heterocycles. The minimum atomic E-state index is -0.00523. The zero-order chi connectivity index (χ0) is 9.35. The quantitative estimate of drug-likeness (QED) is 0.608. The molecule has 1 aliphatic rings. The van der Waals surface area contributed by atoms with Crippen LogP contribution >= 0.6 is 0 Å². The molecule has 0 aliphatic heterocycles. The molecule has 12 heavy (non-hydrogen) atoms. The molecule has 2 heteroatoms. The Hall–Kier alpha value is -0.530. The van der Waals surface area contributed by atoms with Crippen molar-refractivity contribution in [2.24, 2.45) is 11.3 Å². The van der Waals surface area contributed by atoms with Crippen molar-refractivity contribution in [1.82, 2.24) is 0 Å². The highest BCUT2D eigenvalue weighted by Crippen LogP contribution is 2.52. The van der Waals surface area contributed by atoms with Gasteiger partial charge in [-0.3, -0.25) is 4.79 Å². The first-order valence-electron chi connectivity index (χ1n) is 4.68. The molecule has 0 spiro atoms. The standard InChI is InChI=1S/C10H18O2/c1-5-7(2)12-9(11)8-6-10(8,3)4/h7-8H,5-6H2,1-4H3/t7-,8-/m0/s1. The summed E-state index contributed by atoms with van der Waals surface area (Å²) in [7, 11) is 0. The molecule has 0 radical (unpaired) electrons. The Morgan fingerprint density at radius 1 is 1.67 bits per heavy atom. The van der Waals surface area contributed by atoms with Crippen molar-refractivity contribution in [1.29, 1.82) is 0 Å². The van der Waals surface area contributed by atoms with Crippen LogP contribution in [0.15, 0.2) is 0 Å². The molecule has 0 aromatic rings. The molecule has 1 rings (SSSR count). The first-order valence-corrected chi connectivity index (χ1v) is 4.68. The van der Waals surface area contributed by atoms with Gasteiger partial charge in [0.2, 0.25) is 0 Å². The Balaban J connectivity index is 2.32. The van der Waals surface area contributed by atoms with Gasteiger partial charge in [0.25, 0.3) is 0 Å².